The van der Waals surface area contributed by atoms with Crippen molar-refractivity contribution in [3.63, 3.8) is 0 Å². The number of nitrogens with one attached hydrogen (secondary N) is 1. The zero-order valence-electron chi connectivity index (χ0n) is 18.3. The smallest absolute Gasteiger partial charge is 0.317 e. The Morgan fingerprint density at radius 2 is 1.90 bits per heavy atom. The zero-order chi connectivity index (χ0) is 21.0. The van der Waals surface area contributed by atoms with E-state index in [1.807, 2.05) is 11.9 Å². The maximum atomic E-state index is 11.9. The standard InChI is InChI=1S/C23H41N3O3/c1-3-4-6-15-9-10-20-19(11-15)18(13-21(25-20)26(2)14-22(27)28)16-7-5-8-17(12-16)23(24)29/h15-21,25H,3-14H2,1-2H3,(H2,24,29)(H,27,28). The molecule has 3 aliphatic rings. The molecule has 1 saturated heterocycles. The third-order valence-electron chi connectivity index (χ3n) is 8.07. The molecule has 1 amide bonds. The number of carboxylic acids is 1. The lowest BCUT2D eigenvalue weighted by Crippen LogP contribution is -2.60. The SMILES string of the molecule is CCCCC1CCC2NC(N(C)CC(=O)O)CC(C3CCCC(C(N)=O)C3)C2C1. The molecule has 0 aromatic rings. The number of carbonyl (C=O) groups is 2. The average molecular weight is 408 g/mol. The van der Waals surface area contributed by atoms with Crippen molar-refractivity contribution in [2.24, 2.45) is 35.3 Å². The number of hydrogen-bond donors (Lipinski definition) is 3. The van der Waals surface area contributed by atoms with Gasteiger partial charge in [-0.3, -0.25) is 19.8 Å². The molecule has 166 valence electrons. The molecule has 29 heavy (non-hydrogen) atoms. The van der Waals surface area contributed by atoms with Gasteiger partial charge < -0.3 is 10.8 Å². The number of nitrogens with two attached hydrogens (primary N) is 1. The van der Waals surface area contributed by atoms with Gasteiger partial charge >= 0.3 is 5.97 Å². The van der Waals surface area contributed by atoms with Crippen LogP contribution in [0.1, 0.15) is 77.6 Å². The van der Waals surface area contributed by atoms with Crippen LogP contribution < -0.4 is 11.1 Å². The predicted octanol–water partition coefficient (Wildman–Crippen LogP) is 3.21. The first-order chi connectivity index (χ1) is 13.9. The second kappa shape index (κ2) is 10.3. The van der Waals surface area contributed by atoms with Gasteiger partial charge in [-0.25, -0.2) is 0 Å². The second-order valence-electron chi connectivity index (χ2n) is 10.0. The Hall–Kier alpha value is -1.14. The zero-order valence-corrected chi connectivity index (χ0v) is 18.3. The first kappa shape index (κ1) is 22.5. The van der Waals surface area contributed by atoms with Crippen molar-refractivity contribution >= 4 is 11.9 Å². The van der Waals surface area contributed by atoms with Crippen LogP contribution in [-0.4, -0.2) is 47.7 Å². The number of nitrogens with zero attached hydrogens (tertiary/aromatic N) is 1. The third-order valence-corrected chi connectivity index (χ3v) is 8.07. The Bertz CT molecular complexity index is 570. The minimum atomic E-state index is -0.775. The number of likely N-dealkylation sites (N-methyl/N-ethyl adjacent to an activating group) is 1. The number of hydrogen-bond acceptors (Lipinski definition) is 4. The Morgan fingerprint density at radius 3 is 2.59 bits per heavy atom. The van der Waals surface area contributed by atoms with E-state index in [1.165, 1.54) is 44.9 Å². The van der Waals surface area contributed by atoms with Crippen LogP contribution in [0.5, 0.6) is 0 Å². The number of carbonyl (C=O) groups excluding carboxylic acids is 1. The van der Waals surface area contributed by atoms with Gasteiger partial charge in [0.1, 0.15) is 0 Å². The first-order valence-corrected chi connectivity index (χ1v) is 11.9. The maximum Gasteiger partial charge on any atom is 0.317 e. The summed E-state index contributed by atoms with van der Waals surface area (Å²) in [6.45, 7) is 2.33. The number of primary amides is 1. The topological polar surface area (TPSA) is 95.7 Å². The van der Waals surface area contributed by atoms with E-state index in [1.54, 1.807) is 0 Å². The molecule has 3 rings (SSSR count). The van der Waals surface area contributed by atoms with Gasteiger partial charge in [-0.15, -0.1) is 0 Å². The average Bonchev–Trinajstić information content (AvgIpc) is 2.70. The number of amides is 1. The van der Waals surface area contributed by atoms with Crippen LogP contribution in [0, 0.1) is 29.6 Å². The van der Waals surface area contributed by atoms with Crippen molar-refractivity contribution in [1.82, 2.24) is 10.2 Å². The fraction of sp³-hybridized carbons (Fsp3) is 0.913. The molecule has 0 spiro atoms. The van der Waals surface area contributed by atoms with Crippen molar-refractivity contribution in [1.29, 1.82) is 0 Å². The Morgan fingerprint density at radius 1 is 1.10 bits per heavy atom. The quantitative estimate of drug-likeness (QED) is 0.574. The maximum absolute atomic E-state index is 11.9. The minimum Gasteiger partial charge on any atom is -0.480 e. The Kier molecular flexibility index (Phi) is 7.97. The largest absolute Gasteiger partial charge is 0.480 e. The van der Waals surface area contributed by atoms with Gasteiger partial charge in [-0.1, -0.05) is 39.0 Å². The van der Waals surface area contributed by atoms with Gasteiger partial charge in [-0.2, -0.15) is 0 Å². The lowest BCUT2D eigenvalue weighted by atomic mass is 9.61. The van der Waals surface area contributed by atoms with E-state index in [9.17, 15) is 14.7 Å². The molecule has 7 unspecified atom stereocenters. The summed E-state index contributed by atoms with van der Waals surface area (Å²) in [7, 11) is 1.92. The summed E-state index contributed by atoms with van der Waals surface area (Å²) in [6, 6.07) is 0.474. The Balaban J connectivity index is 1.75. The molecule has 0 bridgehead atoms. The number of piperidine rings is 1. The van der Waals surface area contributed by atoms with E-state index >= 15 is 0 Å². The van der Waals surface area contributed by atoms with Crippen molar-refractivity contribution in [2.45, 2.75) is 89.8 Å². The lowest BCUT2D eigenvalue weighted by Gasteiger charge is -2.52. The normalized spacial score (nSPS) is 37.8. The summed E-state index contributed by atoms with van der Waals surface area (Å²) in [5, 5.41) is 13.1. The monoisotopic (exact) mass is 407 g/mol. The summed E-state index contributed by atoms with van der Waals surface area (Å²) in [4.78, 5) is 25.1. The molecule has 0 aromatic heterocycles. The lowest BCUT2D eigenvalue weighted by molar-refractivity contribution is -0.139. The van der Waals surface area contributed by atoms with Crippen LogP contribution in [-0.2, 0) is 9.59 Å². The van der Waals surface area contributed by atoms with E-state index in [4.69, 9.17) is 5.73 Å². The highest BCUT2D eigenvalue weighted by Gasteiger charge is 2.45. The van der Waals surface area contributed by atoms with Crippen LogP contribution in [0.4, 0.5) is 0 Å². The van der Waals surface area contributed by atoms with E-state index in [2.05, 4.69) is 12.2 Å². The van der Waals surface area contributed by atoms with E-state index < -0.39 is 5.97 Å². The highest BCUT2D eigenvalue weighted by Crippen LogP contribution is 2.47. The molecule has 4 N–H and O–H groups in total. The predicted molar refractivity (Wildman–Crippen MR) is 114 cm³/mol. The van der Waals surface area contributed by atoms with Crippen molar-refractivity contribution < 1.29 is 14.7 Å². The van der Waals surface area contributed by atoms with Gasteiger partial charge in [0.05, 0.1) is 12.7 Å². The van der Waals surface area contributed by atoms with Gasteiger partial charge in [0.2, 0.25) is 5.91 Å². The van der Waals surface area contributed by atoms with Crippen LogP contribution in [0.2, 0.25) is 0 Å². The number of aliphatic carboxylic acids is 1. The fourth-order valence-corrected chi connectivity index (χ4v) is 6.53. The summed E-state index contributed by atoms with van der Waals surface area (Å²) in [5.74, 6) is 1.69. The van der Waals surface area contributed by atoms with Gasteiger partial charge in [0.25, 0.3) is 0 Å². The highest BCUT2D eigenvalue weighted by atomic mass is 16.4. The first-order valence-electron chi connectivity index (χ1n) is 11.9. The minimum absolute atomic E-state index is 0.0248. The molecule has 2 aliphatic carbocycles. The van der Waals surface area contributed by atoms with Crippen molar-refractivity contribution in [3.8, 4) is 0 Å². The number of rotatable bonds is 8. The van der Waals surface area contributed by atoms with Crippen LogP contribution in [0.15, 0.2) is 0 Å². The molecule has 0 radical (unpaired) electrons. The van der Waals surface area contributed by atoms with Gasteiger partial charge in [0.15, 0.2) is 0 Å². The van der Waals surface area contributed by atoms with Crippen LogP contribution >= 0.6 is 0 Å². The van der Waals surface area contributed by atoms with E-state index in [0.29, 0.717) is 23.8 Å². The van der Waals surface area contributed by atoms with Crippen molar-refractivity contribution in [2.75, 3.05) is 13.6 Å². The number of unbranched alkanes of at least 4 members (excludes halogenated alkanes) is 1. The summed E-state index contributed by atoms with van der Waals surface area (Å²) < 4.78 is 0. The van der Waals surface area contributed by atoms with Gasteiger partial charge in [0, 0.05) is 12.0 Å². The second-order valence-corrected chi connectivity index (χ2v) is 10.0. The molecule has 3 fully saturated rings. The molecule has 7 atom stereocenters. The Labute approximate surface area is 176 Å². The molecule has 6 heteroatoms. The fourth-order valence-electron chi connectivity index (χ4n) is 6.53. The molecule has 2 saturated carbocycles. The highest BCUT2D eigenvalue weighted by molar-refractivity contribution is 5.76. The molecule has 1 aliphatic heterocycles. The summed E-state index contributed by atoms with van der Waals surface area (Å²) in [5.41, 5.74) is 5.67. The molecule has 1 heterocycles. The third kappa shape index (κ3) is 5.72. The number of carboxylic acid groups (broad SMARTS) is 1. The van der Waals surface area contributed by atoms with Crippen LogP contribution in [0.25, 0.3) is 0 Å². The molecular formula is C23H41N3O3. The molecule has 6 nitrogen and oxygen atoms in total. The molecule has 0 aromatic carbocycles. The van der Waals surface area contributed by atoms with E-state index in [0.717, 1.165) is 31.6 Å². The molecular weight excluding hydrogens is 366 g/mol. The number of fused-ring (bicyclic) bond motifs is 1. The van der Waals surface area contributed by atoms with Crippen molar-refractivity contribution in [3.05, 3.63) is 0 Å². The van der Waals surface area contributed by atoms with Crippen LogP contribution in [0.3, 0.4) is 0 Å². The summed E-state index contributed by atoms with van der Waals surface area (Å²) in [6.07, 6.45) is 12.9. The van der Waals surface area contributed by atoms with Gasteiger partial charge in [-0.05, 0) is 69.2 Å². The summed E-state index contributed by atoms with van der Waals surface area (Å²) >= 11 is 0. The van der Waals surface area contributed by atoms with E-state index in [-0.39, 0.29) is 24.5 Å².